The van der Waals surface area contributed by atoms with Crippen LogP contribution in [-0.4, -0.2) is 29.4 Å². The van der Waals surface area contributed by atoms with Gasteiger partial charge in [0.1, 0.15) is 0 Å². The molecule has 0 unspecified atom stereocenters. The Morgan fingerprint density at radius 2 is 2.00 bits per heavy atom. The standard InChI is InChI=1S/C18H20N4O/c1-3-4-9-22(2)18(23)15-10-17(13-20-12-15)21-16-7-5-14(11-19)6-8-16/h5-8,10,12-13,21H,3-4,9H2,1-2H3. The van der Waals surface area contributed by atoms with Crippen LogP contribution in [0.5, 0.6) is 0 Å². The quantitative estimate of drug-likeness (QED) is 0.885. The first kappa shape index (κ1) is 16.5. The van der Waals surface area contributed by atoms with Crippen LogP contribution in [0.4, 0.5) is 11.4 Å². The molecule has 1 aromatic carbocycles. The van der Waals surface area contributed by atoms with Gasteiger partial charge in [-0.3, -0.25) is 9.78 Å². The molecular formula is C18H20N4O. The second-order valence-electron chi connectivity index (χ2n) is 5.36. The number of nitriles is 1. The zero-order chi connectivity index (χ0) is 16.7. The number of rotatable bonds is 6. The average Bonchev–Trinajstić information content (AvgIpc) is 2.60. The summed E-state index contributed by atoms with van der Waals surface area (Å²) in [5.74, 6) is -0.0329. The van der Waals surface area contributed by atoms with Gasteiger partial charge in [-0.1, -0.05) is 13.3 Å². The molecule has 118 valence electrons. The number of carbonyl (C=O) groups excluding carboxylic acids is 1. The summed E-state index contributed by atoms with van der Waals surface area (Å²) >= 11 is 0. The highest BCUT2D eigenvalue weighted by atomic mass is 16.2. The normalized spacial score (nSPS) is 9.96. The molecule has 0 fully saturated rings. The van der Waals surface area contributed by atoms with Gasteiger partial charge < -0.3 is 10.2 Å². The van der Waals surface area contributed by atoms with E-state index < -0.39 is 0 Å². The SMILES string of the molecule is CCCCN(C)C(=O)c1cncc(Nc2ccc(C#N)cc2)c1. The fourth-order valence-corrected chi connectivity index (χ4v) is 2.14. The van der Waals surface area contributed by atoms with Crippen LogP contribution in [0.25, 0.3) is 0 Å². The average molecular weight is 308 g/mol. The minimum absolute atomic E-state index is 0.0329. The van der Waals surface area contributed by atoms with Crippen LogP contribution in [0.3, 0.4) is 0 Å². The van der Waals surface area contributed by atoms with Crippen molar-refractivity contribution in [2.75, 3.05) is 18.9 Å². The van der Waals surface area contributed by atoms with Crippen molar-refractivity contribution in [1.29, 1.82) is 5.26 Å². The van der Waals surface area contributed by atoms with Crippen LogP contribution in [-0.2, 0) is 0 Å². The second-order valence-corrected chi connectivity index (χ2v) is 5.36. The van der Waals surface area contributed by atoms with Crippen molar-refractivity contribution in [2.45, 2.75) is 19.8 Å². The number of aromatic nitrogens is 1. The largest absolute Gasteiger partial charge is 0.354 e. The maximum absolute atomic E-state index is 12.4. The summed E-state index contributed by atoms with van der Waals surface area (Å²) in [6, 6.07) is 11.0. The van der Waals surface area contributed by atoms with Crippen molar-refractivity contribution in [3.8, 4) is 6.07 Å². The molecule has 0 atom stereocenters. The molecule has 0 spiro atoms. The van der Waals surface area contributed by atoms with Gasteiger partial charge in [-0.05, 0) is 36.8 Å². The molecule has 1 aromatic heterocycles. The maximum atomic E-state index is 12.4. The van der Waals surface area contributed by atoms with Crippen molar-refractivity contribution in [1.82, 2.24) is 9.88 Å². The van der Waals surface area contributed by atoms with Gasteiger partial charge in [-0.2, -0.15) is 5.26 Å². The van der Waals surface area contributed by atoms with Crippen molar-refractivity contribution < 1.29 is 4.79 Å². The number of hydrogen-bond donors (Lipinski definition) is 1. The fourth-order valence-electron chi connectivity index (χ4n) is 2.14. The molecule has 5 heteroatoms. The van der Waals surface area contributed by atoms with Gasteiger partial charge in [0.05, 0.1) is 29.1 Å². The Balaban J connectivity index is 2.09. The van der Waals surface area contributed by atoms with Crippen LogP contribution < -0.4 is 5.32 Å². The highest BCUT2D eigenvalue weighted by Crippen LogP contribution is 2.18. The van der Waals surface area contributed by atoms with Crippen molar-refractivity contribution in [2.24, 2.45) is 0 Å². The number of pyridine rings is 1. The molecule has 0 bridgehead atoms. The summed E-state index contributed by atoms with van der Waals surface area (Å²) in [5, 5.41) is 12.0. The summed E-state index contributed by atoms with van der Waals surface area (Å²) < 4.78 is 0. The van der Waals surface area contributed by atoms with Gasteiger partial charge in [-0.25, -0.2) is 0 Å². The number of anilines is 2. The Bertz CT molecular complexity index is 704. The van der Waals surface area contributed by atoms with Crippen molar-refractivity contribution in [3.05, 3.63) is 53.9 Å². The molecule has 0 radical (unpaired) electrons. The summed E-state index contributed by atoms with van der Waals surface area (Å²) in [4.78, 5) is 18.2. The van der Waals surface area contributed by atoms with Crippen LogP contribution in [0.1, 0.15) is 35.7 Å². The highest BCUT2D eigenvalue weighted by molar-refractivity contribution is 5.94. The van der Waals surface area contributed by atoms with E-state index in [1.54, 1.807) is 42.5 Å². The Labute approximate surface area is 136 Å². The third kappa shape index (κ3) is 4.55. The maximum Gasteiger partial charge on any atom is 0.255 e. The minimum atomic E-state index is -0.0329. The van der Waals surface area contributed by atoms with E-state index in [0.717, 1.165) is 30.8 Å². The Morgan fingerprint density at radius 3 is 2.65 bits per heavy atom. The molecule has 2 rings (SSSR count). The lowest BCUT2D eigenvalue weighted by Crippen LogP contribution is -2.27. The number of unbranched alkanes of at least 4 members (excludes halogenated alkanes) is 1. The summed E-state index contributed by atoms with van der Waals surface area (Å²) in [6.45, 7) is 2.84. The van der Waals surface area contributed by atoms with Gasteiger partial charge in [0, 0.05) is 25.5 Å². The monoisotopic (exact) mass is 308 g/mol. The van der Waals surface area contributed by atoms with E-state index >= 15 is 0 Å². The van der Waals surface area contributed by atoms with Gasteiger partial charge in [-0.15, -0.1) is 0 Å². The molecule has 0 saturated carbocycles. The topological polar surface area (TPSA) is 69.0 Å². The van der Waals surface area contributed by atoms with Gasteiger partial charge in [0.25, 0.3) is 5.91 Å². The number of benzene rings is 1. The van der Waals surface area contributed by atoms with Crippen LogP contribution in [0.2, 0.25) is 0 Å². The molecule has 0 saturated heterocycles. The number of hydrogen-bond acceptors (Lipinski definition) is 4. The molecule has 0 aliphatic heterocycles. The molecule has 2 aromatic rings. The second kappa shape index (κ2) is 7.95. The molecule has 5 nitrogen and oxygen atoms in total. The smallest absolute Gasteiger partial charge is 0.255 e. The molecule has 1 N–H and O–H groups in total. The predicted molar refractivity (Wildman–Crippen MR) is 90.5 cm³/mol. The summed E-state index contributed by atoms with van der Waals surface area (Å²) in [6.07, 6.45) is 5.28. The Morgan fingerprint density at radius 1 is 1.26 bits per heavy atom. The first-order valence-corrected chi connectivity index (χ1v) is 7.61. The molecular weight excluding hydrogens is 288 g/mol. The Hall–Kier alpha value is -2.87. The number of carbonyl (C=O) groups is 1. The fraction of sp³-hybridized carbons (Fsp3) is 0.278. The lowest BCUT2D eigenvalue weighted by molar-refractivity contribution is 0.0793. The number of amides is 1. The third-order valence-corrected chi connectivity index (χ3v) is 3.48. The van der Waals surface area contributed by atoms with Gasteiger partial charge >= 0.3 is 0 Å². The van der Waals surface area contributed by atoms with Crippen molar-refractivity contribution in [3.63, 3.8) is 0 Å². The van der Waals surface area contributed by atoms with Crippen LogP contribution >= 0.6 is 0 Å². The first-order chi connectivity index (χ1) is 11.1. The number of nitrogens with one attached hydrogen (secondary N) is 1. The van der Waals surface area contributed by atoms with Crippen molar-refractivity contribution >= 4 is 17.3 Å². The molecule has 0 aliphatic rings. The van der Waals surface area contributed by atoms with E-state index in [9.17, 15) is 4.79 Å². The molecule has 23 heavy (non-hydrogen) atoms. The highest BCUT2D eigenvalue weighted by Gasteiger charge is 2.12. The predicted octanol–water partition coefficient (Wildman–Crippen LogP) is 3.57. The van der Waals surface area contributed by atoms with E-state index in [1.165, 1.54) is 0 Å². The summed E-state index contributed by atoms with van der Waals surface area (Å²) in [7, 11) is 1.80. The first-order valence-electron chi connectivity index (χ1n) is 7.61. The minimum Gasteiger partial charge on any atom is -0.354 e. The van der Waals surface area contributed by atoms with E-state index in [2.05, 4.69) is 23.3 Å². The zero-order valence-corrected chi connectivity index (χ0v) is 13.4. The summed E-state index contributed by atoms with van der Waals surface area (Å²) in [5.41, 5.74) is 2.75. The van der Waals surface area contributed by atoms with E-state index in [0.29, 0.717) is 11.1 Å². The molecule has 1 amide bonds. The molecule has 1 heterocycles. The lowest BCUT2D eigenvalue weighted by Gasteiger charge is -2.17. The van der Waals surface area contributed by atoms with Crippen LogP contribution in [0.15, 0.2) is 42.7 Å². The van der Waals surface area contributed by atoms with Gasteiger partial charge in [0.2, 0.25) is 0 Å². The van der Waals surface area contributed by atoms with E-state index in [4.69, 9.17) is 5.26 Å². The van der Waals surface area contributed by atoms with E-state index in [-0.39, 0.29) is 5.91 Å². The van der Waals surface area contributed by atoms with Gasteiger partial charge in [0.15, 0.2) is 0 Å². The third-order valence-electron chi connectivity index (χ3n) is 3.48. The van der Waals surface area contributed by atoms with Crippen LogP contribution in [0, 0.1) is 11.3 Å². The zero-order valence-electron chi connectivity index (χ0n) is 13.4. The Kier molecular flexibility index (Phi) is 5.70. The molecule has 0 aliphatic carbocycles. The van der Waals surface area contributed by atoms with E-state index in [1.807, 2.05) is 12.1 Å². The lowest BCUT2D eigenvalue weighted by atomic mass is 10.2. The number of nitrogens with zero attached hydrogens (tertiary/aromatic N) is 3.